The Balaban J connectivity index is 1.12. The summed E-state index contributed by atoms with van der Waals surface area (Å²) >= 11 is 0. The number of benzene rings is 10. The van der Waals surface area contributed by atoms with Gasteiger partial charge in [-0.2, -0.15) is 0 Å². The van der Waals surface area contributed by atoms with Gasteiger partial charge in [0.1, 0.15) is 0 Å². The van der Waals surface area contributed by atoms with Crippen LogP contribution in [0.2, 0.25) is 0 Å². The van der Waals surface area contributed by atoms with Gasteiger partial charge >= 0.3 is 0 Å². The van der Waals surface area contributed by atoms with Crippen LogP contribution in [0.3, 0.4) is 0 Å². The van der Waals surface area contributed by atoms with Gasteiger partial charge in [-0.3, -0.25) is 4.57 Å². The number of fused-ring (bicyclic) bond motifs is 9. The normalized spacial score (nSPS) is 11.8. The summed E-state index contributed by atoms with van der Waals surface area (Å²) in [7, 11) is 0. The summed E-state index contributed by atoms with van der Waals surface area (Å²) in [5.74, 6) is 0.593. The Kier molecular flexibility index (Phi) is 8.83. The summed E-state index contributed by atoms with van der Waals surface area (Å²) in [6.07, 6.45) is 0. The molecule has 0 fully saturated rings. The number of hydrogen-bond donors (Lipinski definition) is 0. The van der Waals surface area contributed by atoms with E-state index in [-0.39, 0.29) is 0 Å². The zero-order chi connectivity index (χ0) is 45.4. The van der Waals surface area contributed by atoms with Gasteiger partial charge in [-0.15, -0.1) is 0 Å². The van der Waals surface area contributed by atoms with Gasteiger partial charge in [-0.05, 0) is 89.0 Å². The molecule has 0 saturated carbocycles. The zero-order valence-corrected chi connectivity index (χ0v) is 37.4. The molecule has 0 aliphatic carbocycles. The van der Waals surface area contributed by atoms with Gasteiger partial charge in [0, 0.05) is 49.1 Å². The molecule has 322 valence electrons. The highest BCUT2D eigenvalue weighted by molar-refractivity contribution is 6.16. The molecule has 0 aliphatic rings. The van der Waals surface area contributed by atoms with Crippen molar-refractivity contribution in [3.63, 3.8) is 0 Å². The third kappa shape index (κ3) is 6.25. The van der Waals surface area contributed by atoms with Gasteiger partial charge in [-0.1, -0.05) is 182 Å². The van der Waals surface area contributed by atoms with E-state index in [4.69, 9.17) is 9.97 Å². The number of rotatable bonds is 7. The fraction of sp³-hybridized carbons (Fsp3) is 0. The molecular formula is C64H41N5. The van der Waals surface area contributed by atoms with E-state index in [9.17, 15) is 0 Å². The topological polar surface area (TPSA) is 40.6 Å². The van der Waals surface area contributed by atoms with Crippen LogP contribution in [-0.2, 0) is 0 Å². The van der Waals surface area contributed by atoms with Crippen molar-refractivity contribution >= 4 is 65.4 Å². The molecule has 0 bridgehead atoms. The molecule has 0 radical (unpaired) electrons. The molecule has 0 amide bonds. The molecule has 10 aromatic carbocycles. The first kappa shape index (κ1) is 38.9. The number of hydrogen-bond acceptors (Lipinski definition) is 2. The highest BCUT2D eigenvalue weighted by atomic mass is 15.2. The third-order valence-corrected chi connectivity index (χ3v) is 13.8. The van der Waals surface area contributed by atoms with E-state index in [0.717, 1.165) is 100 Å². The Bertz CT molecular complexity index is 4130. The highest BCUT2D eigenvalue weighted by Crippen LogP contribution is 2.43. The summed E-state index contributed by atoms with van der Waals surface area (Å²) < 4.78 is 7.20. The molecule has 0 spiro atoms. The van der Waals surface area contributed by atoms with Crippen LogP contribution in [0.15, 0.2) is 249 Å². The average Bonchev–Trinajstić information content (AvgIpc) is 4.07. The summed E-state index contributed by atoms with van der Waals surface area (Å²) in [6.45, 7) is 0. The minimum atomic E-state index is 0.593. The minimum absolute atomic E-state index is 0.593. The van der Waals surface area contributed by atoms with E-state index in [1.807, 2.05) is 0 Å². The highest BCUT2D eigenvalue weighted by Gasteiger charge is 2.25. The lowest BCUT2D eigenvalue weighted by atomic mass is 9.94. The summed E-state index contributed by atoms with van der Waals surface area (Å²) in [4.78, 5) is 11.3. The smallest absolute Gasteiger partial charge is 0.235 e. The molecule has 14 aromatic rings. The third-order valence-electron chi connectivity index (χ3n) is 13.8. The number of nitrogens with zero attached hydrogens (tertiary/aromatic N) is 5. The SMILES string of the molecule is c1ccc(-c2cc(-c3ccccc3)cc(-c3cc(-c4ccccc4)nc(-n4c5ccccc5c5cc(-n6c7ccccc7c7ccccc76)cc(-n6c7ccccc7c7ccccc76)c54)n3)c2)cc1. The Morgan fingerprint density at radius 2 is 0.609 bits per heavy atom. The van der Waals surface area contributed by atoms with Gasteiger partial charge in [0.15, 0.2) is 0 Å². The molecule has 4 heterocycles. The maximum atomic E-state index is 5.68. The Morgan fingerprint density at radius 3 is 1.09 bits per heavy atom. The van der Waals surface area contributed by atoms with Crippen molar-refractivity contribution in [1.82, 2.24) is 23.7 Å². The second kappa shape index (κ2) is 15.7. The van der Waals surface area contributed by atoms with Crippen molar-refractivity contribution in [2.24, 2.45) is 0 Å². The summed E-state index contributed by atoms with van der Waals surface area (Å²) in [6, 6.07) is 89.3. The molecule has 69 heavy (non-hydrogen) atoms. The zero-order valence-electron chi connectivity index (χ0n) is 37.4. The van der Waals surface area contributed by atoms with E-state index in [1.165, 1.54) is 21.5 Å². The van der Waals surface area contributed by atoms with Crippen molar-refractivity contribution in [2.75, 3.05) is 0 Å². The first-order chi connectivity index (χ1) is 34.2. The lowest BCUT2D eigenvalue weighted by molar-refractivity contribution is 0.988. The largest absolute Gasteiger partial charge is 0.309 e. The van der Waals surface area contributed by atoms with Crippen LogP contribution in [0.5, 0.6) is 0 Å². The molecule has 0 N–H and O–H groups in total. The van der Waals surface area contributed by atoms with Crippen LogP contribution in [0.4, 0.5) is 0 Å². The lowest BCUT2D eigenvalue weighted by Crippen LogP contribution is -2.07. The molecule has 0 atom stereocenters. The van der Waals surface area contributed by atoms with Crippen LogP contribution >= 0.6 is 0 Å². The molecule has 14 rings (SSSR count). The molecule has 5 nitrogen and oxygen atoms in total. The maximum absolute atomic E-state index is 5.68. The van der Waals surface area contributed by atoms with Crippen molar-refractivity contribution in [1.29, 1.82) is 0 Å². The monoisotopic (exact) mass is 879 g/mol. The van der Waals surface area contributed by atoms with Crippen LogP contribution in [0, 0.1) is 0 Å². The minimum Gasteiger partial charge on any atom is -0.309 e. The predicted octanol–water partition coefficient (Wildman–Crippen LogP) is 16.4. The van der Waals surface area contributed by atoms with E-state index in [0.29, 0.717) is 5.95 Å². The number of aromatic nitrogens is 5. The Hall–Kier alpha value is -9.32. The second-order valence-corrected chi connectivity index (χ2v) is 17.8. The Labute approximate surface area is 398 Å². The van der Waals surface area contributed by atoms with E-state index < -0.39 is 0 Å². The molecular weight excluding hydrogens is 839 g/mol. The van der Waals surface area contributed by atoms with E-state index >= 15 is 0 Å². The molecule has 0 unspecified atom stereocenters. The van der Waals surface area contributed by atoms with Gasteiger partial charge < -0.3 is 9.13 Å². The quantitative estimate of drug-likeness (QED) is 0.160. The van der Waals surface area contributed by atoms with Gasteiger partial charge in [0.25, 0.3) is 0 Å². The first-order valence-corrected chi connectivity index (χ1v) is 23.5. The van der Waals surface area contributed by atoms with Crippen LogP contribution in [0.25, 0.3) is 128 Å². The Morgan fingerprint density at radius 1 is 0.246 bits per heavy atom. The molecule has 5 heteroatoms. The van der Waals surface area contributed by atoms with Crippen molar-refractivity contribution in [2.45, 2.75) is 0 Å². The van der Waals surface area contributed by atoms with Crippen LogP contribution in [-0.4, -0.2) is 23.7 Å². The fourth-order valence-electron chi connectivity index (χ4n) is 10.8. The molecule has 0 aliphatic heterocycles. The molecule has 4 aromatic heterocycles. The van der Waals surface area contributed by atoms with Crippen molar-refractivity contribution in [3.05, 3.63) is 249 Å². The van der Waals surface area contributed by atoms with E-state index in [2.05, 4.69) is 262 Å². The van der Waals surface area contributed by atoms with Crippen LogP contribution in [0.1, 0.15) is 0 Å². The van der Waals surface area contributed by atoms with Gasteiger partial charge in [0.05, 0.1) is 50.2 Å². The van der Waals surface area contributed by atoms with Crippen molar-refractivity contribution < 1.29 is 0 Å². The second-order valence-electron chi connectivity index (χ2n) is 17.8. The van der Waals surface area contributed by atoms with E-state index in [1.54, 1.807) is 0 Å². The standard InChI is InChI=1S/C64H41N5/c1-4-20-42(21-5-1)45-36-46(43-22-6-2-7-23-43)38-47(37-45)56-41-55(44-24-8-3-9-25-44)65-64(66-56)69-61-35-19-14-30-53(61)54-39-48(67-57-31-15-10-26-49(57)50-27-11-16-32-58(50)67)40-62(63(54)69)68-59-33-17-12-28-51(59)52-29-13-18-34-60(52)68/h1-41H. The maximum Gasteiger partial charge on any atom is 0.235 e. The van der Waals surface area contributed by atoms with Gasteiger partial charge in [0.2, 0.25) is 5.95 Å². The van der Waals surface area contributed by atoms with Gasteiger partial charge in [-0.25, -0.2) is 9.97 Å². The average molecular weight is 880 g/mol. The van der Waals surface area contributed by atoms with Crippen molar-refractivity contribution in [3.8, 4) is 62.1 Å². The molecule has 0 saturated heterocycles. The summed E-state index contributed by atoms with van der Waals surface area (Å²) in [5.41, 5.74) is 16.9. The van der Waals surface area contributed by atoms with Crippen LogP contribution < -0.4 is 0 Å². The predicted molar refractivity (Wildman–Crippen MR) is 287 cm³/mol. The fourth-order valence-corrected chi connectivity index (χ4v) is 10.8. The lowest BCUT2D eigenvalue weighted by Gasteiger charge is -2.18. The number of para-hydroxylation sites is 5. The summed E-state index contributed by atoms with van der Waals surface area (Å²) in [5, 5.41) is 7.06. The first-order valence-electron chi connectivity index (χ1n) is 23.5.